The molecule has 0 unspecified atom stereocenters. The van der Waals surface area contributed by atoms with Crippen LogP contribution in [0.25, 0.3) is 0 Å². The molecule has 122 valence electrons. The molecule has 4 rings (SSSR count). The number of nitrogens with zero attached hydrogens (tertiary/aromatic N) is 3. The number of hydrogen-bond acceptors (Lipinski definition) is 4. The molecule has 1 fully saturated rings. The second kappa shape index (κ2) is 5.85. The van der Waals surface area contributed by atoms with E-state index in [0.717, 1.165) is 36.2 Å². The standard InChI is InChI=1S/C17H21N3O3/c1-12-2-5-16(23-12)17(21)19-6-7-20-11-18-14(15(20)8-19)10-22-9-13-3-4-13/h2,5,11,13H,3-4,6-10H2,1H3. The number of aromatic nitrogens is 2. The van der Waals surface area contributed by atoms with Crippen LogP contribution >= 0.6 is 0 Å². The minimum Gasteiger partial charge on any atom is -0.456 e. The van der Waals surface area contributed by atoms with Crippen molar-refractivity contribution in [1.82, 2.24) is 14.5 Å². The molecule has 0 N–H and O–H groups in total. The van der Waals surface area contributed by atoms with E-state index in [4.69, 9.17) is 9.15 Å². The van der Waals surface area contributed by atoms with E-state index in [-0.39, 0.29) is 5.91 Å². The number of ether oxygens (including phenoxy) is 1. The molecule has 6 nitrogen and oxygen atoms in total. The zero-order valence-corrected chi connectivity index (χ0v) is 13.3. The lowest BCUT2D eigenvalue weighted by Gasteiger charge is -2.28. The summed E-state index contributed by atoms with van der Waals surface area (Å²) in [6.07, 6.45) is 4.42. The number of amides is 1. The Hall–Kier alpha value is -2.08. The Bertz CT molecular complexity index is 714. The Balaban J connectivity index is 1.44. The molecule has 0 aromatic carbocycles. The van der Waals surface area contributed by atoms with E-state index in [1.165, 1.54) is 12.8 Å². The van der Waals surface area contributed by atoms with Gasteiger partial charge >= 0.3 is 0 Å². The van der Waals surface area contributed by atoms with Crippen molar-refractivity contribution < 1.29 is 13.9 Å². The second-order valence-corrected chi connectivity index (χ2v) is 6.43. The number of furan rings is 1. The number of hydrogen-bond donors (Lipinski definition) is 0. The van der Waals surface area contributed by atoms with Crippen LogP contribution in [-0.2, 0) is 24.4 Å². The first kappa shape index (κ1) is 14.5. The van der Waals surface area contributed by atoms with Gasteiger partial charge < -0.3 is 18.6 Å². The first-order chi connectivity index (χ1) is 11.2. The van der Waals surface area contributed by atoms with Gasteiger partial charge in [-0.05, 0) is 37.8 Å². The molecule has 1 aliphatic heterocycles. The average molecular weight is 315 g/mol. The third-order valence-electron chi connectivity index (χ3n) is 4.51. The van der Waals surface area contributed by atoms with Crippen molar-refractivity contribution in [2.45, 2.75) is 39.5 Å². The van der Waals surface area contributed by atoms with E-state index >= 15 is 0 Å². The molecule has 6 heteroatoms. The number of carbonyl (C=O) groups is 1. The normalized spacial score (nSPS) is 17.3. The van der Waals surface area contributed by atoms with Gasteiger partial charge in [-0.25, -0.2) is 4.98 Å². The molecule has 3 heterocycles. The van der Waals surface area contributed by atoms with Crippen molar-refractivity contribution in [1.29, 1.82) is 0 Å². The van der Waals surface area contributed by atoms with Gasteiger partial charge in [-0.1, -0.05) is 0 Å². The molecule has 1 amide bonds. The predicted molar refractivity (Wildman–Crippen MR) is 82.8 cm³/mol. The smallest absolute Gasteiger partial charge is 0.289 e. The summed E-state index contributed by atoms with van der Waals surface area (Å²) in [5, 5.41) is 0. The highest BCUT2D eigenvalue weighted by Gasteiger charge is 2.27. The summed E-state index contributed by atoms with van der Waals surface area (Å²) in [5.74, 6) is 1.84. The maximum atomic E-state index is 12.5. The minimum absolute atomic E-state index is 0.0598. The molecule has 0 radical (unpaired) electrons. The Morgan fingerprint density at radius 1 is 1.39 bits per heavy atom. The Morgan fingerprint density at radius 2 is 2.26 bits per heavy atom. The molecule has 1 saturated carbocycles. The number of fused-ring (bicyclic) bond motifs is 1. The third kappa shape index (κ3) is 3.03. The fraction of sp³-hybridized carbons (Fsp3) is 0.529. The lowest BCUT2D eigenvalue weighted by Crippen LogP contribution is -2.38. The van der Waals surface area contributed by atoms with E-state index in [0.29, 0.717) is 25.5 Å². The minimum atomic E-state index is -0.0598. The van der Waals surface area contributed by atoms with Gasteiger partial charge in [-0.3, -0.25) is 4.79 Å². The molecular weight excluding hydrogens is 294 g/mol. The summed E-state index contributed by atoms with van der Waals surface area (Å²) in [6, 6.07) is 3.56. The molecule has 2 aromatic rings. The first-order valence-electron chi connectivity index (χ1n) is 8.17. The lowest BCUT2D eigenvalue weighted by atomic mass is 10.2. The van der Waals surface area contributed by atoms with Crippen LogP contribution in [0.2, 0.25) is 0 Å². The van der Waals surface area contributed by atoms with Gasteiger partial charge in [0.05, 0.1) is 30.9 Å². The van der Waals surface area contributed by atoms with E-state index in [9.17, 15) is 4.79 Å². The predicted octanol–water partition coefficient (Wildman–Crippen LogP) is 2.37. The highest BCUT2D eigenvalue weighted by atomic mass is 16.5. The highest BCUT2D eigenvalue weighted by Crippen LogP contribution is 2.29. The van der Waals surface area contributed by atoms with Crippen LogP contribution in [0.1, 0.15) is 40.5 Å². The summed E-state index contributed by atoms with van der Waals surface area (Å²) in [6.45, 7) is 5.18. The molecule has 2 aliphatic rings. The molecule has 0 spiro atoms. The molecule has 2 aromatic heterocycles. The summed E-state index contributed by atoms with van der Waals surface area (Å²) in [7, 11) is 0. The monoisotopic (exact) mass is 315 g/mol. The van der Waals surface area contributed by atoms with Crippen LogP contribution in [0.3, 0.4) is 0 Å². The third-order valence-corrected chi connectivity index (χ3v) is 4.51. The number of aryl methyl sites for hydroxylation is 1. The Morgan fingerprint density at radius 3 is 3.00 bits per heavy atom. The number of rotatable bonds is 5. The van der Waals surface area contributed by atoms with Crippen molar-refractivity contribution in [3.05, 3.63) is 41.4 Å². The van der Waals surface area contributed by atoms with Crippen LogP contribution in [0.4, 0.5) is 0 Å². The molecule has 0 atom stereocenters. The van der Waals surface area contributed by atoms with Crippen molar-refractivity contribution in [2.24, 2.45) is 5.92 Å². The summed E-state index contributed by atoms with van der Waals surface area (Å²) < 4.78 is 13.3. The quantitative estimate of drug-likeness (QED) is 0.850. The van der Waals surface area contributed by atoms with Crippen molar-refractivity contribution in [2.75, 3.05) is 13.2 Å². The largest absolute Gasteiger partial charge is 0.456 e. The SMILES string of the molecule is Cc1ccc(C(=O)N2CCn3cnc(COCC4CC4)c3C2)o1. The highest BCUT2D eigenvalue weighted by molar-refractivity contribution is 5.91. The van der Waals surface area contributed by atoms with Crippen LogP contribution in [0, 0.1) is 12.8 Å². The summed E-state index contributed by atoms with van der Waals surface area (Å²) in [4.78, 5) is 18.8. The van der Waals surface area contributed by atoms with Gasteiger partial charge in [0.15, 0.2) is 5.76 Å². The maximum Gasteiger partial charge on any atom is 0.289 e. The maximum absolute atomic E-state index is 12.5. The van der Waals surface area contributed by atoms with Crippen LogP contribution in [0.5, 0.6) is 0 Å². The van der Waals surface area contributed by atoms with E-state index in [2.05, 4.69) is 9.55 Å². The van der Waals surface area contributed by atoms with Crippen LogP contribution < -0.4 is 0 Å². The van der Waals surface area contributed by atoms with E-state index in [1.54, 1.807) is 6.07 Å². The van der Waals surface area contributed by atoms with Gasteiger partial charge in [-0.2, -0.15) is 0 Å². The fourth-order valence-corrected chi connectivity index (χ4v) is 2.92. The number of carbonyl (C=O) groups excluding carboxylic acids is 1. The van der Waals surface area contributed by atoms with Crippen LogP contribution in [0.15, 0.2) is 22.9 Å². The average Bonchev–Trinajstić information content (AvgIpc) is 3.14. The summed E-state index contributed by atoms with van der Waals surface area (Å²) >= 11 is 0. The first-order valence-corrected chi connectivity index (χ1v) is 8.17. The summed E-state index contributed by atoms with van der Waals surface area (Å²) in [5.41, 5.74) is 2.02. The Labute approximate surface area is 135 Å². The molecule has 1 aliphatic carbocycles. The van der Waals surface area contributed by atoms with Gasteiger partial charge in [0.2, 0.25) is 0 Å². The zero-order chi connectivity index (χ0) is 15.8. The Kier molecular flexibility index (Phi) is 3.69. The molecule has 0 saturated heterocycles. The van der Waals surface area contributed by atoms with E-state index < -0.39 is 0 Å². The topological polar surface area (TPSA) is 60.5 Å². The van der Waals surface area contributed by atoms with E-state index in [1.807, 2.05) is 24.2 Å². The van der Waals surface area contributed by atoms with Crippen molar-refractivity contribution in [3.63, 3.8) is 0 Å². The molecule has 23 heavy (non-hydrogen) atoms. The molecule has 0 bridgehead atoms. The zero-order valence-electron chi connectivity index (χ0n) is 13.3. The van der Waals surface area contributed by atoms with Crippen molar-refractivity contribution >= 4 is 5.91 Å². The van der Waals surface area contributed by atoms with Gasteiger partial charge in [0.25, 0.3) is 5.91 Å². The second-order valence-electron chi connectivity index (χ2n) is 6.43. The number of imidazole rings is 1. The van der Waals surface area contributed by atoms with Gasteiger partial charge in [0, 0.05) is 19.7 Å². The molecular formula is C17H21N3O3. The fourth-order valence-electron chi connectivity index (χ4n) is 2.92. The van der Waals surface area contributed by atoms with Crippen molar-refractivity contribution in [3.8, 4) is 0 Å². The lowest BCUT2D eigenvalue weighted by molar-refractivity contribution is 0.0671. The van der Waals surface area contributed by atoms with Gasteiger partial charge in [-0.15, -0.1) is 0 Å². The van der Waals surface area contributed by atoms with Crippen LogP contribution in [-0.4, -0.2) is 33.5 Å². The van der Waals surface area contributed by atoms with Gasteiger partial charge in [0.1, 0.15) is 5.76 Å².